The van der Waals surface area contributed by atoms with Gasteiger partial charge in [0, 0.05) is 16.0 Å². The molecule has 0 fully saturated rings. The minimum atomic E-state index is -0.873. The van der Waals surface area contributed by atoms with E-state index in [-0.39, 0.29) is 17.2 Å². The Bertz CT molecular complexity index is 1300. The molecule has 0 saturated carbocycles. The number of hydrogen-bond acceptors (Lipinski definition) is 8. The molecular formula is C25H28BrN3O6. The minimum absolute atomic E-state index is 0.00699. The summed E-state index contributed by atoms with van der Waals surface area (Å²) in [5.41, 5.74) is 0.936. The smallest absolute Gasteiger partial charge is 0.346 e. The number of ether oxygens (including phenoxy) is 4. The van der Waals surface area contributed by atoms with Crippen molar-refractivity contribution in [2.45, 2.75) is 39.2 Å². The standard InChI is InChI=1S/C25H28BrN3O6/c1-7-14(2)23-28-19-9-8-17(26)12-18(19)24(30)29(23)27-13-16-10-20(32-4)22(21(11-16)33-5)35-15(3)25(31)34-6/h8-15H,7H2,1-6H3/t14-,15-/m0/s1. The van der Waals surface area contributed by atoms with Crippen LogP contribution in [0.4, 0.5) is 0 Å². The summed E-state index contributed by atoms with van der Waals surface area (Å²) in [6.07, 6.45) is 1.44. The summed E-state index contributed by atoms with van der Waals surface area (Å²) in [5.74, 6) is 0.946. The van der Waals surface area contributed by atoms with Crippen LogP contribution in [0.15, 0.2) is 44.7 Å². The second-order valence-corrected chi connectivity index (χ2v) is 8.76. The molecular weight excluding hydrogens is 518 g/mol. The maximum absolute atomic E-state index is 13.3. The number of nitrogens with zero attached hydrogens (tertiary/aromatic N) is 3. The summed E-state index contributed by atoms with van der Waals surface area (Å²) in [4.78, 5) is 29.9. The van der Waals surface area contributed by atoms with Crippen molar-refractivity contribution in [3.63, 3.8) is 0 Å². The van der Waals surface area contributed by atoms with E-state index >= 15 is 0 Å². The third-order valence-corrected chi connectivity index (χ3v) is 6.01. The van der Waals surface area contributed by atoms with Crippen LogP contribution in [0.25, 0.3) is 10.9 Å². The number of carbonyl (C=O) groups excluding carboxylic acids is 1. The summed E-state index contributed by atoms with van der Waals surface area (Å²) in [5, 5.41) is 4.94. The highest BCUT2D eigenvalue weighted by molar-refractivity contribution is 9.10. The molecule has 0 spiro atoms. The average molecular weight is 546 g/mol. The number of esters is 1. The highest BCUT2D eigenvalue weighted by Crippen LogP contribution is 2.39. The summed E-state index contributed by atoms with van der Waals surface area (Å²) in [7, 11) is 4.23. The van der Waals surface area contributed by atoms with Crippen LogP contribution in [-0.4, -0.2) is 49.3 Å². The Kier molecular flexibility index (Phi) is 8.50. The van der Waals surface area contributed by atoms with Crippen LogP contribution in [0.2, 0.25) is 0 Å². The molecule has 0 aliphatic rings. The highest BCUT2D eigenvalue weighted by Gasteiger charge is 2.22. The van der Waals surface area contributed by atoms with Gasteiger partial charge in [-0.1, -0.05) is 29.8 Å². The highest BCUT2D eigenvalue weighted by atomic mass is 79.9. The Morgan fingerprint density at radius 2 is 1.80 bits per heavy atom. The van der Waals surface area contributed by atoms with E-state index in [9.17, 15) is 9.59 Å². The van der Waals surface area contributed by atoms with Gasteiger partial charge in [-0.25, -0.2) is 9.78 Å². The molecule has 3 rings (SSSR count). The number of rotatable bonds is 9. The van der Waals surface area contributed by atoms with Crippen molar-refractivity contribution in [3.8, 4) is 17.2 Å². The molecule has 1 aromatic heterocycles. The quantitative estimate of drug-likeness (QED) is 0.288. The predicted octanol–water partition coefficient (Wildman–Crippen LogP) is 4.51. The van der Waals surface area contributed by atoms with Gasteiger partial charge in [0.1, 0.15) is 5.82 Å². The first-order chi connectivity index (χ1) is 16.7. The Hall–Kier alpha value is -3.40. The van der Waals surface area contributed by atoms with Crippen molar-refractivity contribution in [2.75, 3.05) is 21.3 Å². The maximum atomic E-state index is 13.3. The van der Waals surface area contributed by atoms with E-state index in [4.69, 9.17) is 23.9 Å². The molecule has 0 unspecified atom stereocenters. The Morgan fingerprint density at radius 3 is 2.37 bits per heavy atom. The fourth-order valence-corrected chi connectivity index (χ4v) is 3.75. The Balaban J connectivity index is 2.10. The second-order valence-electron chi connectivity index (χ2n) is 7.84. The van der Waals surface area contributed by atoms with Crippen molar-refractivity contribution in [1.29, 1.82) is 0 Å². The van der Waals surface area contributed by atoms with Crippen molar-refractivity contribution < 1.29 is 23.7 Å². The van der Waals surface area contributed by atoms with E-state index in [1.165, 1.54) is 32.2 Å². The van der Waals surface area contributed by atoms with Crippen LogP contribution >= 0.6 is 15.9 Å². The van der Waals surface area contributed by atoms with Gasteiger partial charge in [0.15, 0.2) is 17.6 Å². The van der Waals surface area contributed by atoms with Gasteiger partial charge < -0.3 is 18.9 Å². The van der Waals surface area contributed by atoms with Gasteiger partial charge in [-0.15, -0.1) is 0 Å². The van der Waals surface area contributed by atoms with Crippen molar-refractivity contribution in [2.24, 2.45) is 5.10 Å². The van der Waals surface area contributed by atoms with Gasteiger partial charge >= 0.3 is 5.97 Å². The molecule has 186 valence electrons. The Morgan fingerprint density at radius 1 is 1.14 bits per heavy atom. The van der Waals surface area contributed by atoms with Crippen LogP contribution in [0, 0.1) is 0 Å². The molecule has 10 heteroatoms. The van der Waals surface area contributed by atoms with Crippen molar-refractivity contribution in [3.05, 3.63) is 56.5 Å². The third kappa shape index (κ3) is 5.64. The zero-order valence-corrected chi connectivity index (χ0v) is 22.1. The number of carbonyl (C=O) groups is 1. The monoisotopic (exact) mass is 545 g/mol. The van der Waals surface area contributed by atoms with Gasteiger partial charge in [0.25, 0.3) is 5.56 Å². The molecule has 0 bridgehead atoms. The lowest BCUT2D eigenvalue weighted by Crippen LogP contribution is -2.25. The maximum Gasteiger partial charge on any atom is 0.346 e. The zero-order chi connectivity index (χ0) is 25.7. The normalized spacial score (nSPS) is 13.0. The fraction of sp³-hybridized carbons (Fsp3) is 0.360. The SMILES string of the molecule is CC[C@H](C)c1nc2ccc(Br)cc2c(=O)n1N=Cc1cc(OC)c(O[C@@H](C)C(=O)OC)c(OC)c1. The van der Waals surface area contributed by atoms with E-state index in [1.54, 1.807) is 25.1 Å². The predicted molar refractivity (Wildman–Crippen MR) is 137 cm³/mol. The number of benzene rings is 2. The average Bonchev–Trinajstić information content (AvgIpc) is 2.87. The van der Waals surface area contributed by atoms with Gasteiger partial charge in [0.05, 0.1) is 38.4 Å². The van der Waals surface area contributed by atoms with E-state index in [0.717, 1.165) is 10.9 Å². The molecule has 2 atom stereocenters. The first-order valence-electron chi connectivity index (χ1n) is 11.0. The molecule has 1 heterocycles. The molecule has 0 aliphatic heterocycles. The number of hydrogen-bond donors (Lipinski definition) is 0. The lowest BCUT2D eigenvalue weighted by atomic mass is 10.1. The number of halogens is 1. The molecule has 0 amide bonds. The lowest BCUT2D eigenvalue weighted by molar-refractivity contribution is -0.148. The molecule has 35 heavy (non-hydrogen) atoms. The molecule has 3 aromatic rings. The number of fused-ring (bicyclic) bond motifs is 1. The van der Waals surface area contributed by atoms with Crippen LogP contribution in [0.1, 0.15) is 44.5 Å². The van der Waals surface area contributed by atoms with E-state index in [1.807, 2.05) is 26.0 Å². The summed E-state index contributed by atoms with van der Waals surface area (Å²) in [6, 6.07) is 8.74. The summed E-state index contributed by atoms with van der Waals surface area (Å²) >= 11 is 3.41. The molecule has 0 saturated heterocycles. The Labute approximate surface area is 211 Å². The third-order valence-electron chi connectivity index (χ3n) is 5.52. The first kappa shape index (κ1) is 26.2. The van der Waals surface area contributed by atoms with Crippen LogP contribution in [-0.2, 0) is 9.53 Å². The summed E-state index contributed by atoms with van der Waals surface area (Å²) < 4.78 is 23.5. The van der Waals surface area contributed by atoms with E-state index in [2.05, 4.69) is 21.0 Å². The molecule has 0 radical (unpaired) electrons. The lowest BCUT2D eigenvalue weighted by Gasteiger charge is -2.18. The molecule has 0 N–H and O–H groups in total. The van der Waals surface area contributed by atoms with Crippen LogP contribution in [0.5, 0.6) is 17.2 Å². The van der Waals surface area contributed by atoms with Gasteiger partial charge in [-0.2, -0.15) is 9.78 Å². The van der Waals surface area contributed by atoms with Crippen LogP contribution < -0.4 is 19.8 Å². The number of aromatic nitrogens is 2. The van der Waals surface area contributed by atoms with Crippen molar-refractivity contribution in [1.82, 2.24) is 9.66 Å². The van der Waals surface area contributed by atoms with Crippen LogP contribution in [0.3, 0.4) is 0 Å². The second kappa shape index (κ2) is 11.4. The topological polar surface area (TPSA) is 101 Å². The zero-order valence-electron chi connectivity index (χ0n) is 20.5. The van der Waals surface area contributed by atoms with E-state index < -0.39 is 12.1 Å². The molecule has 9 nitrogen and oxygen atoms in total. The van der Waals surface area contributed by atoms with E-state index in [0.29, 0.717) is 33.8 Å². The van der Waals surface area contributed by atoms with Gasteiger partial charge in [-0.3, -0.25) is 4.79 Å². The molecule has 2 aromatic carbocycles. The summed E-state index contributed by atoms with van der Waals surface area (Å²) in [6.45, 7) is 5.59. The first-order valence-corrected chi connectivity index (χ1v) is 11.8. The fourth-order valence-electron chi connectivity index (χ4n) is 3.39. The van der Waals surface area contributed by atoms with Gasteiger partial charge in [0.2, 0.25) is 5.75 Å². The van der Waals surface area contributed by atoms with Crippen molar-refractivity contribution >= 4 is 39.0 Å². The minimum Gasteiger partial charge on any atom is -0.493 e. The largest absolute Gasteiger partial charge is 0.493 e. The number of methoxy groups -OCH3 is 3. The molecule has 0 aliphatic carbocycles. The van der Waals surface area contributed by atoms with Gasteiger partial charge in [-0.05, 0) is 43.7 Å².